The highest BCUT2D eigenvalue weighted by Gasteiger charge is 2.53. The van der Waals surface area contributed by atoms with Gasteiger partial charge in [-0.2, -0.15) is 0 Å². The fourth-order valence-electron chi connectivity index (χ4n) is 6.49. The van der Waals surface area contributed by atoms with E-state index in [0.29, 0.717) is 10.9 Å². The van der Waals surface area contributed by atoms with Crippen LogP contribution in [0.5, 0.6) is 0 Å². The molecule has 0 saturated heterocycles. The second-order valence-electron chi connectivity index (χ2n) is 8.61. The van der Waals surface area contributed by atoms with Crippen molar-refractivity contribution in [2.75, 3.05) is 0 Å². The summed E-state index contributed by atoms with van der Waals surface area (Å²) in [7, 11) is 0. The predicted molar refractivity (Wildman–Crippen MR) is 94.1 cm³/mol. The minimum absolute atomic E-state index is 0.0215. The summed E-state index contributed by atoms with van der Waals surface area (Å²) in [6.07, 6.45) is 7.69. The smallest absolute Gasteiger partial charge is 0.307 e. The first-order chi connectivity index (χ1) is 11.6. The number of nitrogens with one attached hydrogen (secondary N) is 1. The molecule has 4 saturated carbocycles. The number of H-pyrrole nitrogens is 1. The minimum atomic E-state index is -0.248. The molecule has 4 nitrogen and oxygen atoms in total. The van der Waals surface area contributed by atoms with E-state index < -0.39 is 0 Å². The van der Waals surface area contributed by atoms with Gasteiger partial charge in [0.15, 0.2) is 0 Å². The normalized spacial score (nSPS) is 35.5. The molecule has 4 fully saturated rings. The minimum Gasteiger partial charge on any atom is -0.307 e. The molecule has 4 bridgehead atoms. The zero-order valence-electron chi connectivity index (χ0n) is 14.1. The van der Waals surface area contributed by atoms with Gasteiger partial charge in [0.25, 0.3) is 5.56 Å². The van der Waals surface area contributed by atoms with Crippen LogP contribution in [0, 0.1) is 23.2 Å². The second kappa shape index (κ2) is 4.84. The van der Waals surface area contributed by atoms with Crippen LogP contribution in [0.4, 0.5) is 0 Å². The summed E-state index contributed by atoms with van der Waals surface area (Å²) in [4.78, 5) is 28.6. The molecule has 1 heterocycles. The quantitative estimate of drug-likeness (QED) is 0.919. The lowest BCUT2D eigenvalue weighted by Gasteiger charge is -2.59. The lowest BCUT2D eigenvalue weighted by atomic mass is 9.48. The van der Waals surface area contributed by atoms with Crippen molar-refractivity contribution in [3.05, 3.63) is 45.1 Å². The average molecular weight is 324 g/mol. The van der Waals surface area contributed by atoms with Gasteiger partial charge in [0.1, 0.15) is 0 Å². The molecule has 2 aromatic rings. The van der Waals surface area contributed by atoms with Crippen LogP contribution >= 0.6 is 0 Å². The number of aromatic nitrogens is 2. The van der Waals surface area contributed by atoms with E-state index in [1.54, 1.807) is 6.07 Å². The van der Waals surface area contributed by atoms with Crippen LogP contribution in [0.25, 0.3) is 10.9 Å². The maximum Gasteiger partial charge on any atom is 0.329 e. The van der Waals surface area contributed by atoms with E-state index in [1.165, 1.54) is 43.1 Å². The molecule has 1 N–H and O–H groups in total. The number of rotatable bonds is 2. The molecule has 0 unspecified atom stereocenters. The van der Waals surface area contributed by atoms with Crippen molar-refractivity contribution in [2.24, 2.45) is 23.2 Å². The molecule has 4 heteroatoms. The summed E-state index contributed by atoms with van der Waals surface area (Å²) in [6.45, 7) is 2.11. The molecule has 1 atom stereocenters. The molecule has 126 valence electrons. The van der Waals surface area contributed by atoms with Gasteiger partial charge in [-0.05, 0) is 80.8 Å². The SMILES string of the molecule is C[C@@H](n1c(=O)[nH]c2ccccc2c1=O)C12CC3CC(CC(C3)C1)C2. The third-order valence-electron chi connectivity index (χ3n) is 7.20. The largest absolute Gasteiger partial charge is 0.329 e. The van der Waals surface area contributed by atoms with Crippen LogP contribution in [0.15, 0.2) is 33.9 Å². The van der Waals surface area contributed by atoms with Crippen molar-refractivity contribution >= 4 is 10.9 Å². The van der Waals surface area contributed by atoms with Crippen LogP contribution in [-0.4, -0.2) is 9.55 Å². The van der Waals surface area contributed by atoms with Gasteiger partial charge in [-0.1, -0.05) is 12.1 Å². The summed E-state index contributed by atoms with van der Waals surface area (Å²) < 4.78 is 1.52. The summed E-state index contributed by atoms with van der Waals surface area (Å²) in [5, 5.41) is 0.619. The summed E-state index contributed by atoms with van der Waals surface area (Å²) >= 11 is 0. The highest BCUT2D eigenvalue weighted by molar-refractivity contribution is 5.76. The van der Waals surface area contributed by atoms with Gasteiger partial charge in [-0.25, -0.2) is 4.79 Å². The van der Waals surface area contributed by atoms with Gasteiger partial charge >= 0.3 is 5.69 Å². The molecule has 0 radical (unpaired) electrons. The molecule has 0 spiro atoms. The Labute approximate surface area is 140 Å². The van der Waals surface area contributed by atoms with E-state index >= 15 is 0 Å². The van der Waals surface area contributed by atoms with Crippen LogP contribution in [0.2, 0.25) is 0 Å². The van der Waals surface area contributed by atoms with E-state index in [4.69, 9.17) is 0 Å². The third-order valence-corrected chi connectivity index (χ3v) is 7.20. The maximum absolute atomic E-state index is 13.0. The molecule has 0 aliphatic heterocycles. The van der Waals surface area contributed by atoms with Crippen molar-refractivity contribution in [3.8, 4) is 0 Å². The van der Waals surface area contributed by atoms with Gasteiger partial charge in [-0.3, -0.25) is 9.36 Å². The van der Waals surface area contributed by atoms with Crippen molar-refractivity contribution in [2.45, 2.75) is 51.5 Å². The van der Waals surface area contributed by atoms with Crippen molar-refractivity contribution < 1.29 is 0 Å². The molecule has 4 aliphatic carbocycles. The van der Waals surface area contributed by atoms with Crippen LogP contribution in [-0.2, 0) is 0 Å². The van der Waals surface area contributed by atoms with Crippen molar-refractivity contribution in [3.63, 3.8) is 0 Å². The van der Waals surface area contributed by atoms with Gasteiger partial charge in [0, 0.05) is 6.04 Å². The maximum atomic E-state index is 13.0. The molecule has 0 amide bonds. The Morgan fingerprint density at radius 2 is 1.62 bits per heavy atom. The Morgan fingerprint density at radius 1 is 1.04 bits per heavy atom. The fourth-order valence-corrected chi connectivity index (χ4v) is 6.49. The van der Waals surface area contributed by atoms with Crippen molar-refractivity contribution in [1.29, 1.82) is 0 Å². The van der Waals surface area contributed by atoms with Crippen LogP contribution in [0.1, 0.15) is 51.5 Å². The standard InChI is InChI=1S/C20H24N2O2/c1-12(20-9-13-6-14(10-20)8-15(7-13)11-20)22-18(23)16-4-2-3-5-17(16)21-19(22)24/h2-5,12-15H,6-11H2,1H3,(H,21,24)/t12-,13?,14?,15?,20?/m1/s1. The van der Waals surface area contributed by atoms with Crippen LogP contribution in [0.3, 0.4) is 0 Å². The van der Waals surface area contributed by atoms with Gasteiger partial charge in [-0.15, -0.1) is 0 Å². The third kappa shape index (κ3) is 1.92. The van der Waals surface area contributed by atoms with E-state index in [0.717, 1.165) is 17.8 Å². The Balaban J connectivity index is 1.65. The number of para-hydroxylation sites is 1. The molecule has 1 aromatic carbocycles. The molecular formula is C20H24N2O2. The van der Waals surface area contributed by atoms with Crippen molar-refractivity contribution in [1.82, 2.24) is 9.55 Å². The van der Waals surface area contributed by atoms with E-state index in [1.807, 2.05) is 18.2 Å². The lowest BCUT2D eigenvalue weighted by molar-refractivity contribution is -0.0801. The van der Waals surface area contributed by atoms with E-state index in [9.17, 15) is 9.59 Å². The average Bonchev–Trinajstić information content (AvgIpc) is 2.53. The predicted octanol–water partition coefficient (Wildman–Crippen LogP) is 3.47. The second-order valence-corrected chi connectivity index (χ2v) is 8.61. The molecular weight excluding hydrogens is 300 g/mol. The zero-order valence-corrected chi connectivity index (χ0v) is 14.1. The summed E-state index contributed by atoms with van der Waals surface area (Å²) in [6, 6.07) is 7.31. The van der Waals surface area contributed by atoms with E-state index in [-0.39, 0.29) is 22.7 Å². The van der Waals surface area contributed by atoms with Gasteiger partial charge < -0.3 is 4.98 Å². The Kier molecular flexibility index (Phi) is 2.92. The first-order valence-corrected chi connectivity index (χ1v) is 9.29. The van der Waals surface area contributed by atoms with Gasteiger partial charge in [0.05, 0.1) is 10.9 Å². The number of nitrogens with zero attached hydrogens (tertiary/aromatic N) is 1. The highest BCUT2D eigenvalue weighted by Crippen LogP contribution is 2.63. The van der Waals surface area contributed by atoms with E-state index in [2.05, 4.69) is 11.9 Å². The monoisotopic (exact) mass is 324 g/mol. The number of hydrogen-bond acceptors (Lipinski definition) is 2. The number of benzene rings is 1. The fraction of sp³-hybridized carbons (Fsp3) is 0.600. The summed E-state index contributed by atoms with van der Waals surface area (Å²) in [5.74, 6) is 2.44. The Morgan fingerprint density at radius 3 is 2.25 bits per heavy atom. The van der Waals surface area contributed by atoms with Gasteiger partial charge in [0.2, 0.25) is 0 Å². The number of aromatic amines is 1. The molecule has 1 aromatic heterocycles. The zero-order chi connectivity index (χ0) is 16.5. The Bertz CT molecular complexity index is 888. The topological polar surface area (TPSA) is 54.9 Å². The lowest BCUT2D eigenvalue weighted by Crippen LogP contribution is -2.52. The molecule has 4 aliphatic rings. The van der Waals surface area contributed by atoms with Crippen LogP contribution < -0.4 is 11.2 Å². The highest BCUT2D eigenvalue weighted by atomic mass is 16.2. The summed E-state index contributed by atoms with van der Waals surface area (Å²) in [5.41, 5.74) is 0.412. The first kappa shape index (κ1) is 14.5. The number of hydrogen-bond donors (Lipinski definition) is 1. The molecule has 24 heavy (non-hydrogen) atoms. The first-order valence-electron chi connectivity index (χ1n) is 9.29. The Hall–Kier alpha value is -1.84. The number of fused-ring (bicyclic) bond motifs is 1. The molecule has 6 rings (SSSR count).